The molecule has 6 nitrogen and oxygen atoms in total. The van der Waals surface area contributed by atoms with E-state index in [1.165, 1.54) is 19.3 Å². The van der Waals surface area contributed by atoms with Gasteiger partial charge in [-0.05, 0) is 93.4 Å². The lowest BCUT2D eigenvalue weighted by molar-refractivity contribution is -0.148. The molecule has 2 N–H and O–H groups in total. The summed E-state index contributed by atoms with van der Waals surface area (Å²) in [5, 5.41) is 6.01. The van der Waals surface area contributed by atoms with Crippen molar-refractivity contribution in [3.63, 3.8) is 0 Å². The molecule has 0 aromatic heterocycles. The lowest BCUT2D eigenvalue weighted by atomic mass is 9.49. The standard InChI is InChI=1S/C25H34N2O4/c1-4-31-23(29)19-5-7-20(8-6-19)26-22(28)21(15(2)3)27-24(30)25-12-16-9-17(13-25)11-18(10-16)14-25/h5-8,15-18,21H,4,9-14H2,1-3H3,(H,26,28)(H,27,30)/t16?,17?,18?,21-,25?/m1/s1. The van der Waals surface area contributed by atoms with Gasteiger partial charge in [0, 0.05) is 11.1 Å². The second kappa shape index (κ2) is 8.64. The molecule has 1 aromatic carbocycles. The minimum absolute atomic E-state index is 0.0309. The van der Waals surface area contributed by atoms with E-state index in [4.69, 9.17) is 4.74 Å². The van der Waals surface area contributed by atoms with Crippen molar-refractivity contribution in [3.8, 4) is 0 Å². The Labute approximate surface area is 184 Å². The Morgan fingerprint density at radius 2 is 1.55 bits per heavy atom. The molecule has 4 aliphatic carbocycles. The maximum Gasteiger partial charge on any atom is 0.338 e. The van der Waals surface area contributed by atoms with E-state index < -0.39 is 6.04 Å². The van der Waals surface area contributed by atoms with Crippen LogP contribution in [0, 0.1) is 29.1 Å². The average molecular weight is 427 g/mol. The molecular formula is C25H34N2O4. The Bertz CT molecular complexity index is 810. The third-order valence-electron chi connectivity index (χ3n) is 7.42. The Hall–Kier alpha value is -2.37. The summed E-state index contributed by atoms with van der Waals surface area (Å²) in [6.07, 6.45) is 6.78. The largest absolute Gasteiger partial charge is 0.462 e. The van der Waals surface area contributed by atoms with Crippen LogP contribution in [0.4, 0.5) is 5.69 Å². The average Bonchev–Trinajstić information content (AvgIpc) is 2.71. The summed E-state index contributed by atoms with van der Waals surface area (Å²) in [5.41, 5.74) is 0.756. The molecule has 0 unspecified atom stereocenters. The number of hydrogen-bond acceptors (Lipinski definition) is 4. The summed E-state index contributed by atoms with van der Waals surface area (Å²) in [5.74, 6) is 1.47. The van der Waals surface area contributed by atoms with Crippen LogP contribution in [-0.2, 0) is 14.3 Å². The van der Waals surface area contributed by atoms with Gasteiger partial charge in [-0.25, -0.2) is 4.79 Å². The van der Waals surface area contributed by atoms with Crippen molar-refractivity contribution in [2.45, 2.75) is 65.3 Å². The number of carbonyl (C=O) groups is 3. The number of carbonyl (C=O) groups excluding carboxylic acids is 3. The molecule has 0 heterocycles. The highest BCUT2D eigenvalue weighted by molar-refractivity contribution is 5.98. The van der Waals surface area contributed by atoms with Crippen LogP contribution in [0.3, 0.4) is 0 Å². The van der Waals surface area contributed by atoms with E-state index in [2.05, 4.69) is 10.6 Å². The normalized spacial score (nSPS) is 29.5. The first-order valence-corrected chi connectivity index (χ1v) is 11.7. The van der Waals surface area contributed by atoms with Gasteiger partial charge in [0.25, 0.3) is 0 Å². The summed E-state index contributed by atoms with van der Waals surface area (Å²) in [6, 6.07) is 6.04. The highest BCUT2D eigenvalue weighted by atomic mass is 16.5. The predicted octanol–water partition coefficient (Wildman–Crippen LogP) is 4.16. The fourth-order valence-electron chi connectivity index (χ4n) is 6.34. The van der Waals surface area contributed by atoms with E-state index in [-0.39, 0.29) is 29.1 Å². The highest BCUT2D eigenvalue weighted by Gasteiger charge is 2.55. The van der Waals surface area contributed by atoms with Gasteiger partial charge in [-0.15, -0.1) is 0 Å². The van der Waals surface area contributed by atoms with Crippen LogP contribution in [0.25, 0.3) is 0 Å². The molecule has 0 spiro atoms. The van der Waals surface area contributed by atoms with Crippen molar-refractivity contribution < 1.29 is 19.1 Å². The molecule has 31 heavy (non-hydrogen) atoms. The molecule has 1 atom stereocenters. The number of esters is 1. The van der Waals surface area contributed by atoms with Crippen molar-refractivity contribution in [3.05, 3.63) is 29.8 Å². The molecule has 4 saturated carbocycles. The van der Waals surface area contributed by atoms with Gasteiger partial charge in [0.15, 0.2) is 0 Å². The Morgan fingerprint density at radius 3 is 2.03 bits per heavy atom. The summed E-state index contributed by atoms with van der Waals surface area (Å²) in [4.78, 5) is 38.2. The van der Waals surface area contributed by atoms with Gasteiger partial charge in [-0.1, -0.05) is 13.8 Å². The summed E-state index contributed by atoms with van der Waals surface area (Å²) >= 11 is 0. The monoisotopic (exact) mass is 426 g/mol. The third kappa shape index (κ3) is 4.48. The second-order valence-corrected chi connectivity index (χ2v) is 10.2. The SMILES string of the molecule is CCOC(=O)c1ccc(NC(=O)[C@H](NC(=O)C23CC4CC(CC(C4)C2)C3)C(C)C)cc1. The fraction of sp³-hybridized carbons (Fsp3) is 0.640. The smallest absolute Gasteiger partial charge is 0.338 e. The quantitative estimate of drug-likeness (QED) is 0.641. The number of amides is 2. The number of anilines is 1. The topological polar surface area (TPSA) is 84.5 Å². The van der Waals surface area contributed by atoms with Gasteiger partial charge in [0.1, 0.15) is 6.04 Å². The first-order chi connectivity index (χ1) is 14.8. The number of nitrogens with one attached hydrogen (secondary N) is 2. The zero-order chi connectivity index (χ0) is 22.2. The molecule has 4 aliphatic rings. The van der Waals surface area contributed by atoms with Gasteiger partial charge in [-0.2, -0.15) is 0 Å². The van der Waals surface area contributed by atoms with Crippen LogP contribution in [0.15, 0.2) is 24.3 Å². The Balaban J connectivity index is 1.41. The first kappa shape index (κ1) is 21.8. The third-order valence-corrected chi connectivity index (χ3v) is 7.42. The molecule has 6 heteroatoms. The minimum atomic E-state index is -0.592. The van der Waals surface area contributed by atoms with Crippen molar-refractivity contribution in [1.82, 2.24) is 5.32 Å². The van der Waals surface area contributed by atoms with Crippen molar-refractivity contribution in [1.29, 1.82) is 0 Å². The molecule has 0 radical (unpaired) electrons. The molecule has 168 valence electrons. The fourth-order valence-corrected chi connectivity index (χ4v) is 6.34. The molecular weight excluding hydrogens is 392 g/mol. The molecule has 5 rings (SSSR count). The van der Waals surface area contributed by atoms with E-state index in [0.717, 1.165) is 19.3 Å². The van der Waals surface area contributed by atoms with E-state index in [0.29, 0.717) is 35.6 Å². The van der Waals surface area contributed by atoms with Crippen LogP contribution in [-0.4, -0.2) is 30.4 Å². The minimum Gasteiger partial charge on any atom is -0.462 e. The number of hydrogen-bond donors (Lipinski definition) is 2. The maximum atomic E-state index is 13.4. The van der Waals surface area contributed by atoms with Crippen LogP contribution in [0.1, 0.15) is 69.7 Å². The number of rotatable bonds is 7. The summed E-state index contributed by atoms with van der Waals surface area (Å²) in [6.45, 7) is 5.98. The van der Waals surface area contributed by atoms with Crippen molar-refractivity contribution in [2.75, 3.05) is 11.9 Å². The first-order valence-electron chi connectivity index (χ1n) is 11.7. The highest BCUT2D eigenvalue weighted by Crippen LogP contribution is 2.60. The summed E-state index contributed by atoms with van der Waals surface area (Å²) < 4.78 is 4.99. The van der Waals surface area contributed by atoms with Crippen LogP contribution < -0.4 is 10.6 Å². The van der Waals surface area contributed by atoms with Crippen LogP contribution in [0.2, 0.25) is 0 Å². The Kier molecular flexibility index (Phi) is 6.09. The zero-order valence-corrected chi connectivity index (χ0v) is 18.8. The maximum absolute atomic E-state index is 13.4. The van der Waals surface area contributed by atoms with Crippen molar-refractivity contribution in [2.24, 2.45) is 29.1 Å². The molecule has 1 aromatic rings. The van der Waals surface area contributed by atoms with Gasteiger partial charge < -0.3 is 15.4 Å². The molecule has 4 fully saturated rings. The molecule has 4 bridgehead atoms. The zero-order valence-electron chi connectivity index (χ0n) is 18.8. The number of ether oxygens (including phenoxy) is 1. The molecule has 0 aliphatic heterocycles. The van der Waals surface area contributed by atoms with Crippen LogP contribution >= 0.6 is 0 Å². The van der Waals surface area contributed by atoms with Gasteiger partial charge >= 0.3 is 5.97 Å². The predicted molar refractivity (Wildman–Crippen MR) is 118 cm³/mol. The van der Waals surface area contributed by atoms with Gasteiger partial charge in [0.2, 0.25) is 11.8 Å². The molecule has 0 saturated heterocycles. The van der Waals surface area contributed by atoms with Gasteiger partial charge in [0.05, 0.1) is 12.2 Å². The Morgan fingerprint density at radius 1 is 1.00 bits per heavy atom. The summed E-state index contributed by atoms with van der Waals surface area (Å²) in [7, 11) is 0. The van der Waals surface area contributed by atoms with E-state index >= 15 is 0 Å². The lowest BCUT2D eigenvalue weighted by Gasteiger charge is -2.55. The second-order valence-electron chi connectivity index (χ2n) is 10.2. The van der Waals surface area contributed by atoms with Crippen molar-refractivity contribution >= 4 is 23.5 Å². The van der Waals surface area contributed by atoms with E-state index in [9.17, 15) is 14.4 Å². The van der Waals surface area contributed by atoms with Gasteiger partial charge in [-0.3, -0.25) is 9.59 Å². The molecule has 2 amide bonds. The number of benzene rings is 1. The van der Waals surface area contributed by atoms with Crippen LogP contribution in [0.5, 0.6) is 0 Å². The van der Waals surface area contributed by atoms with E-state index in [1.54, 1.807) is 31.2 Å². The lowest BCUT2D eigenvalue weighted by Crippen LogP contribution is -2.57. The van der Waals surface area contributed by atoms with E-state index in [1.807, 2.05) is 13.8 Å².